The normalized spacial score (nSPS) is 27.2. The van der Waals surface area contributed by atoms with Crippen LogP contribution in [0.3, 0.4) is 0 Å². The maximum atomic E-state index is 13.9. The molecule has 2 heterocycles. The molecule has 0 aromatic heterocycles. The Kier molecular flexibility index (Phi) is 11.8. The second-order valence-corrected chi connectivity index (χ2v) is 19.6. The van der Waals surface area contributed by atoms with E-state index in [4.69, 9.17) is 37.6 Å². The molecule has 2 aromatic carbocycles. The summed E-state index contributed by atoms with van der Waals surface area (Å²) in [5, 5.41) is -0.168. The Morgan fingerprint density at radius 3 is 2.17 bits per heavy atom. The standard InChI is InChI=1S/C34H48O10SSi/c1-32(2,3)46(8,9)44-25-20-34(31(36)38-7,45-24-18-14-11-15-19-24)43-29(27(25)39-22-37-6)28(26-21-40-33(4,5)42-26)41-30(35)23-16-12-10-13-17-23/h10-19,25-29H,20-22H2,1-9H3/t25-,26+,27+,28+,29+,34+/m0/s1. The van der Waals surface area contributed by atoms with E-state index in [0.29, 0.717) is 5.56 Å². The van der Waals surface area contributed by atoms with Crippen molar-refractivity contribution in [1.82, 2.24) is 0 Å². The zero-order chi connectivity index (χ0) is 33.8. The van der Waals surface area contributed by atoms with Crippen LogP contribution < -0.4 is 0 Å². The topological polar surface area (TPSA) is 108 Å². The van der Waals surface area contributed by atoms with Gasteiger partial charge in [-0.2, -0.15) is 0 Å². The fraction of sp³-hybridized carbons (Fsp3) is 0.588. The van der Waals surface area contributed by atoms with E-state index in [2.05, 4.69) is 33.9 Å². The number of benzene rings is 2. The third kappa shape index (κ3) is 8.59. The first-order valence-electron chi connectivity index (χ1n) is 15.5. The molecule has 0 saturated carbocycles. The lowest BCUT2D eigenvalue weighted by atomic mass is 9.91. The Hall–Kier alpha value is -2.29. The Balaban J connectivity index is 1.87. The number of hydrogen-bond acceptors (Lipinski definition) is 11. The van der Waals surface area contributed by atoms with Crippen molar-refractivity contribution in [3.05, 3.63) is 66.2 Å². The van der Waals surface area contributed by atoms with Gasteiger partial charge in [-0.25, -0.2) is 9.59 Å². The van der Waals surface area contributed by atoms with Crippen molar-refractivity contribution in [2.75, 3.05) is 27.6 Å². The van der Waals surface area contributed by atoms with E-state index in [-0.39, 0.29) is 24.9 Å². The fourth-order valence-electron chi connectivity index (χ4n) is 5.27. The summed E-state index contributed by atoms with van der Waals surface area (Å²) in [7, 11) is 0.374. The van der Waals surface area contributed by atoms with Crippen molar-refractivity contribution in [2.45, 2.75) is 105 Å². The molecule has 2 saturated heterocycles. The largest absolute Gasteiger partial charge is 0.466 e. The van der Waals surface area contributed by atoms with Crippen LogP contribution in [0.15, 0.2) is 65.6 Å². The number of carbonyl (C=O) groups is 2. The van der Waals surface area contributed by atoms with Crippen LogP contribution >= 0.6 is 11.8 Å². The molecule has 0 unspecified atom stereocenters. The molecule has 4 rings (SSSR count). The molecule has 2 aliphatic heterocycles. The van der Waals surface area contributed by atoms with Crippen molar-refractivity contribution in [3.8, 4) is 0 Å². The molecule has 2 aromatic rings. The molecule has 2 aliphatic rings. The molecule has 254 valence electrons. The summed E-state index contributed by atoms with van der Waals surface area (Å²) in [6.07, 6.45) is -4.32. The van der Waals surface area contributed by atoms with Crippen LogP contribution in [-0.2, 0) is 42.4 Å². The first-order valence-corrected chi connectivity index (χ1v) is 19.2. The van der Waals surface area contributed by atoms with Gasteiger partial charge in [0.1, 0.15) is 25.1 Å². The van der Waals surface area contributed by atoms with Gasteiger partial charge < -0.3 is 37.6 Å². The summed E-state index contributed by atoms with van der Waals surface area (Å²) in [6, 6.07) is 18.1. The monoisotopic (exact) mass is 676 g/mol. The minimum Gasteiger partial charge on any atom is -0.466 e. The molecular weight excluding hydrogens is 629 g/mol. The number of hydrogen-bond donors (Lipinski definition) is 0. The molecule has 2 fully saturated rings. The predicted molar refractivity (Wildman–Crippen MR) is 176 cm³/mol. The lowest BCUT2D eigenvalue weighted by molar-refractivity contribution is -0.254. The maximum Gasteiger partial charge on any atom is 0.349 e. The van der Waals surface area contributed by atoms with Gasteiger partial charge in [-0.1, -0.05) is 68.9 Å². The van der Waals surface area contributed by atoms with Crippen LogP contribution in [0.4, 0.5) is 0 Å². The fourth-order valence-corrected chi connectivity index (χ4v) is 7.84. The average Bonchev–Trinajstić information content (AvgIpc) is 3.37. The van der Waals surface area contributed by atoms with E-state index in [1.54, 1.807) is 38.1 Å². The number of carbonyl (C=O) groups excluding carboxylic acids is 2. The summed E-state index contributed by atoms with van der Waals surface area (Å²) in [5.74, 6) is -2.13. The number of methoxy groups -OCH3 is 2. The third-order valence-electron chi connectivity index (χ3n) is 8.61. The van der Waals surface area contributed by atoms with Gasteiger partial charge >= 0.3 is 11.9 Å². The molecule has 10 nitrogen and oxygen atoms in total. The average molecular weight is 677 g/mol. The van der Waals surface area contributed by atoms with Crippen LogP contribution in [0.1, 0.15) is 51.4 Å². The van der Waals surface area contributed by atoms with Crippen LogP contribution in [0.2, 0.25) is 18.1 Å². The van der Waals surface area contributed by atoms with Crippen molar-refractivity contribution < 1.29 is 47.2 Å². The summed E-state index contributed by atoms with van der Waals surface area (Å²) >= 11 is 1.23. The Morgan fingerprint density at radius 2 is 1.63 bits per heavy atom. The molecular formula is C34H48O10SSi. The van der Waals surface area contributed by atoms with E-state index >= 15 is 0 Å². The minimum absolute atomic E-state index is 0.0915. The van der Waals surface area contributed by atoms with Gasteiger partial charge in [0.25, 0.3) is 0 Å². The number of esters is 2. The predicted octanol–water partition coefficient (Wildman–Crippen LogP) is 6.19. The zero-order valence-electron chi connectivity index (χ0n) is 28.3. The summed E-state index contributed by atoms with van der Waals surface area (Å²) in [4.78, 5) is 26.8. The van der Waals surface area contributed by atoms with E-state index in [1.165, 1.54) is 26.0 Å². The molecule has 0 amide bonds. The lowest BCUT2D eigenvalue weighted by Gasteiger charge is -2.51. The van der Waals surface area contributed by atoms with Crippen LogP contribution in [0.5, 0.6) is 0 Å². The van der Waals surface area contributed by atoms with E-state index in [9.17, 15) is 9.59 Å². The molecule has 0 spiro atoms. The maximum absolute atomic E-state index is 13.9. The zero-order valence-corrected chi connectivity index (χ0v) is 30.1. The molecule has 12 heteroatoms. The summed E-state index contributed by atoms with van der Waals surface area (Å²) < 4.78 is 49.6. The highest BCUT2D eigenvalue weighted by molar-refractivity contribution is 8.01. The minimum atomic E-state index is -2.48. The second-order valence-electron chi connectivity index (χ2n) is 13.5. The Morgan fingerprint density at radius 1 is 1.00 bits per heavy atom. The molecule has 0 aliphatic carbocycles. The number of ether oxygens (including phenoxy) is 7. The van der Waals surface area contributed by atoms with Crippen LogP contribution in [0.25, 0.3) is 0 Å². The van der Waals surface area contributed by atoms with Crippen molar-refractivity contribution in [2.24, 2.45) is 0 Å². The lowest BCUT2D eigenvalue weighted by Crippen LogP contribution is -2.65. The molecule has 0 radical (unpaired) electrons. The first kappa shape index (κ1) is 36.5. The second kappa shape index (κ2) is 14.9. The van der Waals surface area contributed by atoms with Crippen molar-refractivity contribution in [1.29, 1.82) is 0 Å². The molecule has 0 bridgehead atoms. The molecule has 46 heavy (non-hydrogen) atoms. The summed E-state index contributed by atoms with van der Waals surface area (Å²) in [5.41, 5.74) is 0.350. The van der Waals surface area contributed by atoms with Crippen LogP contribution in [-0.4, -0.2) is 89.1 Å². The highest BCUT2D eigenvalue weighted by atomic mass is 32.2. The highest BCUT2D eigenvalue weighted by Crippen LogP contribution is 2.49. The first-order chi connectivity index (χ1) is 21.6. The van der Waals surface area contributed by atoms with Gasteiger partial charge in [0, 0.05) is 18.4 Å². The Labute approximate surface area is 277 Å². The van der Waals surface area contributed by atoms with Gasteiger partial charge in [-0.3, -0.25) is 0 Å². The third-order valence-corrected chi connectivity index (χ3v) is 14.4. The van der Waals surface area contributed by atoms with E-state index < -0.39 is 61.5 Å². The summed E-state index contributed by atoms with van der Waals surface area (Å²) in [6.45, 7) is 14.3. The number of thioether (sulfide) groups is 1. The van der Waals surface area contributed by atoms with E-state index in [1.807, 2.05) is 36.4 Å². The Bertz CT molecular complexity index is 1300. The highest BCUT2D eigenvalue weighted by Gasteiger charge is 2.60. The van der Waals surface area contributed by atoms with Crippen LogP contribution in [0, 0.1) is 0 Å². The van der Waals surface area contributed by atoms with Crippen molar-refractivity contribution in [3.63, 3.8) is 0 Å². The molecule has 6 atom stereocenters. The molecule has 0 N–H and O–H groups in total. The van der Waals surface area contributed by atoms with Gasteiger partial charge in [0.15, 0.2) is 20.2 Å². The van der Waals surface area contributed by atoms with Gasteiger partial charge in [0.05, 0.1) is 25.4 Å². The van der Waals surface area contributed by atoms with Crippen molar-refractivity contribution >= 4 is 32.0 Å². The quantitative estimate of drug-likeness (QED) is 0.146. The number of rotatable bonds is 12. The smallest absolute Gasteiger partial charge is 0.349 e. The van der Waals surface area contributed by atoms with Gasteiger partial charge in [0.2, 0.25) is 4.93 Å². The van der Waals surface area contributed by atoms with E-state index in [0.717, 1.165) is 4.90 Å². The van der Waals surface area contributed by atoms with Gasteiger partial charge in [-0.15, -0.1) is 0 Å². The van der Waals surface area contributed by atoms with Gasteiger partial charge in [-0.05, 0) is 56.2 Å². The SMILES string of the molecule is COCO[C@H]1[C@H]([C@H](OC(=O)c2ccccc2)[C@H]2COC(C)(C)O2)O[C@](Sc2ccccc2)(C(=O)OC)C[C@@H]1O[Si](C)(C)C(C)(C)C.